The van der Waals surface area contributed by atoms with Gasteiger partial charge in [0.15, 0.2) is 11.2 Å². The highest BCUT2D eigenvalue weighted by molar-refractivity contribution is 9.09. The van der Waals surface area contributed by atoms with Crippen molar-refractivity contribution in [3.63, 3.8) is 0 Å². The molecule has 0 aliphatic heterocycles. The minimum absolute atomic E-state index is 0.441. The van der Waals surface area contributed by atoms with Crippen LogP contribution in [0.3, 0.4) is 0 Å². The molecule has 0 bridgehead atoms. The average Bonchev–Trinajstić information content (AvgIpc) is 3.38. The lowest BCUT2D eigenvalue weighted by Crippen LogP contribution is -2.05. The number of fused-ring (bicyclic) bond motifs is 1. The molecule has 4 rings (SSSR count). The van der Waals surface area contributed by atoms with Gasteiger partial charge in [-0.3, -0.25) is 4.68 Å². The summed E-state index contributed by atoms with van der Waals surface area (Å²) in [4.78, 5) is 8.88. The first kappa shape index (κ1) is 19.3. The summed E-state index contributed by atoms with van der Waals surface area (Å²) in [5.74, 6) is 1.23. The summed E-state index contributed by atoms with van der Waals surface area (Å²) in [6, 6.07) is 7.60. The lowest BCUT2D eigenvalue weighted by atomic mass is 10.3. The Kier molecular flexibility index (Phi) is 5.96. The zero-order valence-corrected chi connectivity index (χ0v) is 17.2. The van der Waals surface area contributed by atoms with Crippen LogP contribution in [0.15, 0.2) is 42.9 Å². The van der Waals surface area contributed by atoms with Crippen LogP contribution in [0.5, 0.6) is 5.75 Å². The molecule has 0 saturated heterocycles. The van der Waals surface area contributed by atoms with Gasteiger partial charge in [0.2, 0.25) is 5.95 Å². The van der Waals surface area contributed by atoms with E-state index in [-0.39, 0.29) is 0 Å². The number of nitrogens with two attached hydrogens (primary N) is 1. The third-order valence-electron chi connectivity index (χ3n) is 4.10. The van der Waals surface area contributed by atoms with Crippen molar-refractivity contribution >= 4 is 38.7 Å². The van der Waals surface area contributed by atoms with Gasteiger partial charge >= 0.3 is 0 Å². The third-order valence-corrected chi connectivity index (χ3v) is 4.42. The van der Waals surface area contributed by atoms with E-state index in [1.165, 1.54) is 0 Å². The van der Waals surface area contributed by atoms with E-state index in [0.29, 0.717) is 30.3 Å². The van der Waals surface area contributed by atoms with Gasteiger partial charge in [0.05, 0.1) is 30.4 Å². The summed E-state index contributed by atoms with van der Waals surface area (Å²) in [5.41, 5.74) is 8.38. The topological polar surface area (TPSA) is 122 Å². The summed E-state index contributed by atoms with van der Waals surface area (Å²) in [5, 5.41) is 16.6. The van der Waals surface area contributed by atoms with E-state index in [9.17, 15) is 0 Å². The SMILES string of the molecule is NCCCn1cc(Nc2ncc3nnn(-c4ccc(OCCBr)cc4)c3n2)cn1. The third kappa shape index (κ3) is 4.51. The normalized spacial score (nSPS) is 11.1. The number of halogens is 1. The van der Waals surface area contributed by atoms with E-state index in [4.69, 9.17) is 10.5 Å². The maximum absolute atomic E-state index is 5.58. The van der Waals surface area contributed by atoms with Crippen molar-refractivity contribution in [2.24, 2.45) is 5.73 Å². The molecule has 0 aliphatic carbocycles. The number of rotatable bonds is 9. The maximum Gasteiger partial charge on any atom is 0.229 e. The molecule has 0 spiro atoms. The minimum Gasteiger partial charge on any atom is -0.493 e. The van der Waals surface area contributed by atoms with Crippen molar-refractivity contribution in [3.05, 3.63) is 42.9 Å². The zero-order chi connectivity index (χ0) is 20.1. The first-order valence-electron chi connectivity index (χ1n) is 9.14. The molecule has 29 heavy (non-hydrogen) atoms. The summed E-state index contributed by atoms with van der Waals surface area (Å²) in [6.45, 7) is 2.00. The number of aryl methyl sites for hydroxylation is 1. The van der Waals surface area contributed by atoms with Gasteiger partial charge in [0.1, 0.15) is 5.75 Å². The number of aromatic nitrogens is 7. The fourth-order valence-electron chi connectivity index (χ4n) is 2.74. The molecule has 10 nitrogen and oxygen atoms in total. The first-order valence-corrected chi connectivity index (χ1v) is 10.3. The number of hydrogen-bond acceptors (Lipinski definition) is 8. The van der Waals surface area contributed by atoms with Crippen molar-refractivity contribution < 1.29 is 4.74 Å². The molecule has 0 amide bonds. The minimum atomic E-state index is 0.441. The highest BCUT2D eigenvalue weighted by atomic mass is 79.9. The lowest BCUT2D eigenvalue weighted by Gasteiger charge is -2.06. The van der Waals surface area contributed by atoms with Crippen LogP contribution in [0, 0.1) is 0 Å². The van der Waals surface area contributed by atoms with E-state index < -0.39 is 0 Å². The Balaban J connectivity index is 1.55. The molecule has 0 unspecified atom stereocenters. The van der Waals surface area contributed by atoms with E-state index >= 15 is 0 Å². The van der Waals surface area contributed by atoms with Gasteiger partial charge in [-0.1, -0.05) is 21.1 Å². The Morgan fingerprint density at radius 2 is 2.03 bits per heavy atom. The molecule has 0 fully saturated rings. The number of nitrogens with zero attached hydrogens (tertiary/aromatic N) is 7. The first-order chi connectivity index (χ1) is 14.3. The van der Waals surface area contributed by atoms with Crippen LogP contribution in [0.4, 0.5) is 11.6 Å². The van der Waals surface area contributed by atoms with Crippen LogP contribution >= 0.6 is 15.9 Å². The average molecular weight is 458 g/mol. The molecule has 4 aromatic rings. The van der Waals surface area contributed by atoms with Gasteiger partial charge in [0.25, 0.3) is 0 Å². The number of ether oxygens (including phenoxy) is 1. The molecule has 11 heteroatoms. The summed E-state index contributed by atoms with van der Waals surface area (Å²) in [7, 11) is 0. The van der Waals surface area contributed by atoms with Crippen molar-refractivity contribution in [3.8, 4) is 11.4 Å². The second-order valence-electron chi connectivity index (χ2n) is 6.19. The fourth-order valence-corrected chi connectivity index (χ4v) is 2.90. The number of anilines is 2. The Bertz CT molecular complexity index is 1080. The summed E-state index contributed by atoms with van der Waals surface area (Å²) in [6.07, 6.45) is 6.13. The highest BCUT2D eigenvalue weighted by Gasteiger charge is 2.11. The number of benzene rings is 1. The van der Waals surface area contributed by atoms with Crippen molar-refractivity contribution in [2.45, 2.75) is 13.0 Å². The molecule has 0 saturated carbocycles. The molecule has 0 radical (unpaired) electrons. The Hall–Kier alpha value is -3.05. The fraction of sp³-hybridized carbons (Fsp3) is 0.278. The molecule has 3 heterocycles. The predicted molar refractivity (Wildman–Crippen MR) is 113 cm³/mol. The zero-order valence-electron chi connectivity index (χ0n) is 15.6. The van der Waals surface area contributed by atoms with Gasteiger partial charge in [-0.05, 0) is 37.2 Å². The van der Waals surface area contributed by atoms with Crippen LogP contribution in [-0.4, -0.2) is 53.2 Å². The monoisotopic (exact) mass is 457 g/mol. The molecular weight excluding hydrogens is 438 g/mol. The maximum atomic E-state index is 5.58. The summed E-state index contributed by atoms with van der Waals surface area (Å²) < 4.78 is 9.08. The largest absolute Gasteiger partial charge is 0.493 e. The van der Waals surface area contributed by atoms with E-state index in [2.05, 4.69) is 46.6 Å². The van der Waals surface area contributed by atoms with Crippen molar-refractivity contribution in [1.29, 1.82) is 0 Å². The van der Waals surface area contributed by atoms with Crippen LogP contribution in [0.2, 0.25) is 0 Å². The second-order valence-corrected chi connectivity index (χ2v) is 6.99. The van der Waals surface area contributed by atoms with Gasteiger partial charge in [-0.25, -0.2) is 4.98 Å². The van der Waals surface area contributed by atoms with Crippen LogP contribution < -0.4 is 15.8 Å². The van der Waals surface area contributed by atoms with E-state index in [1.807, 2.05) is 35.1 Å². The Labute approximate surface area is 175 Å². The molecule has 0 atom stereocenters. The van der Waals surface area contributed by atoms with Crippen molar-refractivity contribution in [2.75, 3.05) is 23.8 Å². The Morgan fingerprint density at radius 3 is 2.83 bits per heavy atom. The van der Waals surface area contributed by atoms with E-state index in [0.717, 1.165) is 35.4 Å². The molecule has 1 aromatic carbocycles. The molecule has 3 aromatic heterocycles. The number of nitrogens with one attached hydrogen (secondary N) is 1. The number of alkyl halides is 1. The van der Waals surface area contributed by atoms with Gasteiger partial charge in [-0.15, -0.1) is 5.10 Å². The summed E-state index contributed by atoms with van der Waals surface area (Å²) >= 11 is 3.34. The molecule has 150 valence electrons. The predicted octanol–water partition coefficient (Wildman–Crippen LogP) is 2.27. The second kappa shape index (κ2) is 8.97. The van der Waals surface area contributed by atoms with Gasteiger partial charge < -0.3 is 15.8 Å². The Morgan fingerprint density at radius 1 is 1.17 bits per heavy atom. The van der Waals surface area contributed by atoms with Gasteiger partial charge in [-0.2, -0.15) is 14.8 Å². The molecule has 0 aliphatic rings. The molecular formula is C18H20BrN9O. The van der Waals surface area contributed by atoms with Crippen LogP contribution in [-0.2, 0) is 6.54 Å². The molecule has 3 N–H and O–H groups in total. The van der Waals surface area contributed by atoms with Crippen LogP contribution in [0.1, 0.15) is 6.42 Å². The smallest absolute Gasteiger partial charge is 0.229 e. The van der Waals surface area contributed by atoms with E-state index in [1.54, 1.807) is 17.1 Å². The van der Waals surface area contributed by atoms with Crippen LogP contribution in [0.25, 0.3) is 16.9 Å². The van der Waals surface area contributed by atoms with Crippen molar-refractivity contribution in [1.82, 2.24) is 34.7 Å². The highest BCUT2D eigenvalue weighted by Crippen LogP contribution is 2.20. The lowest BCUT2D eigenvalue weighted by molar-refractivity contribution is 0.345. The quantitative estimate of drug-likeness (QED) is 0.367. The number of hydrogen-bond donors (Lipinski definition) is 2. The van der Waals surface area contributed by atoms with Gasteiger partial charge in [0, 0.05) is 18.1 Å². The standard InChI is InChI=1S/C18H20BrN9O/c19-6-9-29-15-4-2-14(3-5-15)28-17-16(25-26-28)11-21-18(24-17)23-13-10-22-27(12-13)8-1-7-20/h2-5,10-12H,1,6-9,20H2,(H,21,23,24).